The summed E-state index contributed by atoms with van der Waals surface area (Å²) in [5.41, 5.74) is 2.19. The van der Waals surface area contributed by atoms with Gasteiger partial charge in [0.2, 0.25) is 0 Å². The predicted molar refractivity (Wildman–Crippen MR) is 154 cm³/mol. The van der Waals surface area contributed by atoms with Crippen molar-refractivity contribution in [2.45, 2.75) is 71.1 Å². The fourth-order valence-electron chi connectivity index (χ4n) is 5.11. The van der Waals surface area contributed by atoms with Crippen LogP contribution in [0.25, 0.3) is 21.7 Å². The molecule has 3 aromatic rings. The molecule has 208 valence electrons. The lowest BCUT2D eigenvalue weighted by Crippen LogP contribution is -2.52. The maximum atomic E-state index is 13.1. The summed E-state index contributed by atoms with van der Waals surface area (Å²) in [6.07, 6.45) is 3.94. The molecule has 1 saturated heterocycles. The predicted octanol–water partition coefficient (Wildman–Crippen LogP) is 6.53. The van der Waals surface area contributed by atoms with Crippen molar-refractivity contribution in [3.05, 3.63) is 47.3 Å². The number of amides is 1. The van der Waals surface area contributed by atoms with Gasteiger partial charge in [0.25, 0.3) is 0 Å². The number of methoxy groups -OCH3 is 1. The molecule has 3 heterocycles. The Hall–Kier alpha value is -3.17. The van der Waals surface area contributed by atoms with Gasteiger partial charge in [-0.15, -0.1) is 21.5 Å². The molecule has 8 nitrogen and oxygen atoms in total. The fourth-order valence-corrected chi connectivity index (χ4v) is 5.97. The summed E-state index contributed by atoms with van der Waals surface area (Å²) in [6, 6.07) is 14.8. The van der Waals surface area contributed by atoms with Gasteiger partial charge in [0, 0.05) is 41.6 Å². The first kappa shape index (κ1) is 27.4. The molecule has 0 spiro atoms. The van der Waals surface area contributed by atoms with Crippen molar-refractivity contribution >= 4 is 23.2 Å². The van der Waals surface area contributed by atoms with Crippen molar-refractivity contribution in [1.29, 1.82) is 0 Å². The van der Waals surface area contributed by atoms with Crippen molar-refractivity contribution in [1.82, 2.24) is 15.1 Å². The van der Waals surface area contributed by atoms with Crippen LogP contribution in [0.4, 0.5) is 10.6 Å². The summed E-state index contributed by atoms with van der Waals surface area (Å²) in [4.78, 5) is 19.7. The van der Waals surface area contributed by atoms with Crippen LogP contribution in [0.1, 0.15) is 51.3 Å². The number of nitrogens with zero attached hydrogens (tertiary/aromatic N) is 4. The van der Waals surface area contributed by atoms with Crippen LogP contribution >= 0.6 is 11.3 Å². The average molecular weight is 551 g/mol. The van der Waals surface area contributed by atoms with Gasteiger partial charge in [-0.05, 0) is 95.3 Å². The van der Waals surface area contributed by atoms with Crippen LogP contribution in [-0.4, -0.2) is 65.9 Å². The molecule has 1 amide bonds. The lowest BCUT2D eigenvalue weighted by atomic mass is 9.90. The van der Waals surface area contributed by atoms with Crippen LogP contribution in [0.3, 0.4) is 0 Å². The Labute approximate surface area is 234 Å². The van der Waals surface area contributed by atoms with Gasteiger partial charge >= 0.3 is 6.09 Å². The van der Waals surface area contributed by atoms with E-state index < -0.39 is 5.60 Å². The van der Waals surface area contributed by atoms with Gasteiger partial charge < -0.3 is 24.0 Å². The highest BCUT2D eigenvalue weighted by atomic mass is 32.1. The summed E-state index contributed by atoms with van der Waals surface area (Å²) in [7, 11) is 1.61. The van der Waals surface area contributed by atoms with Crippen molar-refractivity contribution in [2.24, 2.45) is 0 Å². The number of thiophene rings is 1. The van der Waals surface area contributed by atoms with Gasteiger partial charge in [-0.25, -0.2) is 4.79 Å². The number of anilines is 1. The molecule has 2 aromatic heterocycles. The minimum absolute atomic E-state index is 0.106. The van der Waals surface area contributed by atoms with E-state index >= 15 is 0 Å². The molecule has 2 aliphatic rings. The molecule has 1 aliphatic carbocycles. The lowest BCUT2D eigenvalue weighted by Gasteiger charge is -2.41. The van der Waals surface area contributed by atoms with Gasteiger partial charge in [0.15, 0.2) is 12.6 Å². The Balaban J connectivity index is 1.32. The van der Waals surface area contributed by atoms with E-state index in [0.717, 1.165) is 61.4 Å². The van der Waals surface area contributed by atoms with Crippen LogP contribution in [-0.2, 0) is 9.47 Å². The summed E-state index contributed by atoms with van der Waals surface area (Å²) in [5.74, 6) is 1.52. The molecule has 1 aliphatic heterocycles. The Bertz CT molecular complexity index is 1280. The van der Waals surface area contributed by atoms with Crippen molar-refractivity contribution < 1.29 is 19.0 Å². The van der Waals surface area contributed by atoms with Gasteiger partial charge in [-0.3, -0.25) is 0 Å². The third-order valence-corrected chi connectivity index (χ3v) is 8.27. The second kappa shape index (κ2) is 11.5. The molecule has 0 N–H and O–H groups in total. The van der Waals surface area contributed by atoms with Crippen LogP contribution in [0, 0.1) is 6.92 Å². The van der Waals surface area contributed by atoms with Crippen molar-refractivity contribution in [3.8, 4) is 27.4 Å². The second-order valence-electron chi connectivity index (χ2n) is 11.3. The number of carbonyl (C=O) groups excluding carboxylic acids is 1. The zero-order valence-corrected chi connectivity index (χ0v) is 24.3. The molecule has 39 heavy (non-hydrogen) atoms. The molecule has 1 aromatic carbocycles. The largest absolute Gasteiger partial charge is 0.467 e. The Kier molecular flexibility index (Phi) is 8.09. The van der Waals surface area contributed by atoms with E-state index in [0.29, 0.717) is 5.75 Å². The maximum absolute atomic E-state index is 13.1. The van der Waals surface area contributed by atoms with Crippen LogP contribution in [0.5, 0.6) is 5.75 Å². The van der Waals surface area contributed by atoms with E-state index in [1.165, 1.54) is 9.75 Å². The number of aromatic nitrogens is 2. The van der Waals surface area contributed by atoms with E-state index in [9.17, 15) is 4.79 Å². The van der Waals surface area contributed by atoms with Crippen molar-refractivity contribution in [2.75, 3.05) is 31.9 Å². The highest BCUT2D eigenvalue weighted by Gasteiger charge is 2.40. The number of hydrogen-bond donors (Lipinski definition) is 0. The molecule has 2 fully saturated rings. The number of aryl methyl sites for hydroxylation is 1. The first-order chi connectivity index (χ1) is 18.7. The molecular weight excluding hydrogens is 512 g/mol. The third kappa shape index (κ3) is 6.36. The van der Waals surface area contributed by atoms with Crippen LogP contribution in [0.15, 0.2) is 42.5 Å². The molecular formula is C30H38N4O4S. The van der Waals surface area contributed by atoms with E-state index in [2.05, 4.69) is 40.2 Å². The molecule has 1 unspecified atom stereocenters. The first-order valence-corrected chi connectivity index (χ1v) is 14.5. The summed E-state index contributed by atoms with van der Waals surface area (Å²) in [6.45, 7) is 9.56. The van der Waals surface area contributed by atoms with E-state index in [4.69, 9.17) is 14.2 Å². The van der Waals surface area contributed by atoms with Gasteiger partial charge in [-0.2, -0.15) is 0 Å². The monoisotopic (exact) mass is 550 g/mol. The van der Waals surface area contributed by atoms with Crippen LogP contribution in [0.2, 0.25) is 0 Å². The van der Waals surface area contributed by atoms with E-state index in [1.807, 2.05) is 49.9 Å². The second-order valence-corrected chi connectivity index (χ2v) is 12.6. The SMILES string of the molecule is COCOc1cc(-c2ccc(C)s2)ccc1-c1ccc(N2CCC(N(C(=O)OC(C)(C)C)C3CCC3)C2)nn1. The minimum Gasteiger partial charge on any atom is -0.467 e. The van der Waals surface area contributed by atoms with Gasteiger partial charge in [0.05, 0.1) is 11.7 Å². The molecule has 0 bridgehead atoms. The van der Waals surface area contributed by atoms with Crippen molar-refractivity contribution in [3.63, 3.8) is 0 Å². The summed E-state index contributed by atoms with van der Waals surface area (Å²) >= 11 is 1.75. The van der Waals surface area contributed by atoms with Gasteiger partial charge in [-0.1, -0.05) is 6.07 Å². The lowest BCUT2D eigenvalue weighted by molar-refractivity contribution is -0.00351. The number of benzene rings is 1. The number of hydrogen-bond acceptors (Lipinski definition) is 8. The topological polar surface area (TPSA) is 77.0 Å². The maximum Gasteiger partial charge on any atom is 0.410 e. The minimum atomic E-state index is -0.509. The summed E-state index contributed by atoms with van der Waals surface area (Å²) in [5, 5.41) is 9.15. The standard InChI is InChI=1S/C30H38N4O4S/c1-20-9-13-27(39-20)21-10-11-24(26(17-21)37-19-36-5)25-12-14-28(32-31-25)33-16-15-23(18-33)34(22-7-6-8-22)29(35)38-30(2,3)4/h9-14,17,22-23H,6-8,15-16,18-19H2,1-5H3. The number of rotatable bonds is 8. The third-order valence-electron chi connectivity index (χ3n) is 7.22. The highest BCUT2D eigenvalue weighted by Crippen LogP contribution is 2.37. The smallest absolute Gasteiger partial charge is 0.410 e. The molecule has 0 radical (unpaired) electrons. The van der Waals surface area contributed by atoms with E-state index in [1.54, 1.807) is 18.4 Å². The Morgan fingerprint density at radius 3 is 2.51 bits per heavy atom. The molecule has 9 heteroatoms. The van der Waals surface area contributed by atoms with E-state index in [-0.39, 0.29) is 25.0 Å². The fraction of sp³-hybridized carbons (Fsp3) is 0.500. The number of carbonyl (C=O) groups is 1. The summed E-state index contributed by atoms with van der Waals surface area (Å²) < 4.78 is 16.9. The van der Waals surface area contributed by atoms with Gasteiger partial charge in [0.1, 0.15) is 11.4 Å². The molecule has 1 atom stereocenters. The highest BCUT2D eigenvalue weighted by molar-refractivity contribution is 7.15. The zero-order valence-electron chi connectivity index (χ0n) is 23.5. The molecule has 5 rings (SSSR count). The first-order valence-electron chi connectivity index (χ1n) is 13.6. The number of ether oxygens (including phenoxy) is 3. The Morgan fingerprint density at radius 2 is 1.90 bits per heavy atom. The van der Waals surface area contributed by atoms with Crippen LogP contribution < -0.4 is 9.64 Å². The Morgan fingerprint density at radius 1 is 1.08 bits per heavy atom. The zero-order chi connectivity index (χ0) is 27.6. The molecule has 1 saturated carbocycles. The average Bonchev–Trinajstić information content (AvgIpc) is 3.53. The normalized spacial score (nSPS) is 17.7. The quantitative estimate of drug-likeness (QED) is 0.295.